The van der Waals surface area contributed by atoms with Gasteiger partial charge in [-0.05, 0) is 12.8 Å². The van der Waals surface area contributed by atoms with Crippen LogP contribution in [0.4, 0.5) is 0 Å². The zero-order chi connectivity index (χ0) is 12.9. The van der Waals surface area contributed by atoms with Crippen LogP contribution in [0.1, 0.15) is 26.7 Å². The molecule has 0 saturated carbocycles. The molecule has 2 N–H and O–H groups in total. The van der Waals surface area contributed by atoms with Gasteiger partial charge in [0.05, 0.1) is 0 Å². The SMILES string of the molecule is CC(C(O)CCC(O)C(C)[N+](=O)[O-])[N+](=O)[O-]. The molecular weight excluding hydrogens is 220 g/mol. The second-order valence-electron chi connectivity index (χ2n) is 3.76. The number of aliphatic hydroxyl groups is 2. The molecule has 0 fully saturated rings. The lowest BCUT2D eigenvalue weighted by molar-refractivity contribution is -0.533. The first kappa shape index (κ1) is 14.7. The molecule has 0 aliphatic carbocycles. The van der Waals surface area contributed by atoms with E-state index in [1.165, 1.54) is 13.8 Å². The van der Waals surface area contributed by atoms with E-state index < -0.39 is 34.1 Å². The molecule has 0 radical (unpaired) electrons. The Bertz CT molecular complexity index is 233. The van der Waals surface area contributed by atoms with Crippen LogP contribution >= 0.6 is 0 Å². The summed E-state index contributed by atoms with van der Waals surface area (Å²) in [5, 5.41) is 39.3. The maximum atomic E-state index is 10.3. The van der Waals surface area contributed by atoms with E-state index in [-0.39, 0.29) is 12.8 Å². The van der Waals surface area contributed by atoms with Gasteiger partial charge >= 0.3 is 0 Å². The third-order valence-corrected chi connectivity index (χ3v) is 2.54. The Labute approximate surface area is 92.2 Å². The molecule has 8 heteroatoms. The minimum absolute atomic E-state index is 0.0402. The van der Waals surface area contributed by atoms with Crippen LogP contribution in [0.2, 0.25) is 0 Å². The van der Waals surface area contributed by atoms with E-state index in [1.807, 2.05) is 0 Å². The van der Waals surface area contributed by atoms with Gasteiger partial charge in [-0.25, -0.2) is 0 Å². The van der Waals surface area contributed by atoms with Crippen LogP contribution in [0.3, 0.4) is 0 Å². The van der Waals surface area contributed by atoms with Crippen molar-refractivity contribution in [2.45, 2.75) is 51.0 Å². The predicted octanol–water partition coefficient (Wildman–Crippen LogP) is -0.181. The van der Waals surface area contributed by atoms with Gasteiger partial charge in [-0.1, -0.05) is 0 Å². The molecule has 0 aromatic rings. The molecular formula is C8H16N2O6. The summed E-state index contributed by atoms with van der Waals surface area (Å²) in [6.45, 7) is 2.49. The third kappa shape index (κ3) is 4.49. The fourth-order valence-corrected chi connectivity index (χ4v) is 1.10. The zero-order valence-corrected chi connectivity index (χ0v) is 9.15. The molecule has 0 spiro atoms. The van der Waals surface area contributed by atoms with Gasteiger partial charge in [0.25, 0.3) is 0 Å². The van der Waals surface area contributed by atoms with Crippen molar-refractivity contribution in [3.05, 3.63) is 20.2 Å². The van der Waals surface area contributed by atoms with Gasteiger partial charge < -0.3 is 10.2 Å². The van der Waals surface area contributed by atoms with Gasteiger partial charge in [-0.15, -0.1) is 0 Å². The highest BCUT2D eigenvalue weighted by atomic mass is 16.6. The monoisotopic (exact) mass is 236 g/mol. The fraction of sp³-hybridized carbons (Fsp3) is 1.00. The van der Waals surface area contributed by atoms with E-state index >= 15 is 0 Å². The van der Waals surface area contributed by atoms with Gasteiger partial charge in [0.1, 0.15) is 12.2 Å². The van der Waals surface area contributed by atoms with Gasteiger partial charge in [0.15, 0.2) is 0 Å². The molecule has 0 saturated heterocycles. The smallest absolute Gasteiger partial charge is 0.235 e. The summed E-state index contributed by atoms with van der Waals surface area (Å²) in [7, 11) is 0. The molecule has 0 bridgehead atoms. The molecule has 0 aromatic carbocycles. The quantitative estimate of drug-likeness (QED) is 0.466. The van der Waals surface area contributed by atoms with Crippen molar-refractivity contribution in [3.63, 3.8) is 0 Å². The van der Waals surface area contributed by atoms with Crippen LogP contribution < -0.4 is 0 Å². The Hall–Kier alpha value is -1.28. The molecule has 0 rings (SSSR count). The molecule has 4 unspecified atom stereocenters. The lowest BCUT2D eigenvalue weighted by atomic mass is 10.0. The molecule has 0 aliphatic heterocycles. The number of rotatable bonds is 7. The highest BCUT2D eigenvalue weighted by Gasteiger charge is 2.28. The van der Waals surface area contributed by atoms with E-state index in [2.05, 4.69) is 0 Å². The first-order valence-corrected chi connectivity index (χ1v) is 4.90. The van der Waals surface area contributed by atoms with E-state index in [1.54, 1.807) is 0 Å². The van der Waals surface area contributed by atoms with Gasteiger partial charge in [0, 0.05) is 23.7 Å². The molecule has 16 heavy (non-hydrogen) atoms. The summed E-state index contributed by atoms with van der Waals surface area (Å²) in [5.74, 6) is 0. The number of nitrogens with zero attached hydrogens (tertiary/aromatic N) is 2. The number of hydrogen-bond donors (Lipinski definition) is 2. The largest absolute Gasteiger partial charge is 0.386 e. The second kappa shape index (κ2) is 6.33. The normalized spacial score (nSPS) is 18.5. The first-order valence-electron chi connectivity index (χ1n) is 4.90. The average Bonchev–Trinajstić information content (AvgIpc) is 2.22. The van der Waals surface area contributed by atoms with Crippen LogP contribution in [0, 0.1) is 20.2 Å². The number of hydrogen-bond acceptors (Lipinski definition) is 6. The summed E-state index contributed by atoms with van der Waals surface area (Å²) >= 11 is 0. The molecule has 0 aliphatic rings. The standard InChI is InChI=1S/C8H16N2O6/c1-5(9(13)14)7(11)3-4-8(12)6(2)10(15)16/h5-8,11-12H,3-4H2,1-2H3. The molecule has 8 nitrogen and oxygen atoms in total. The lowest BCUT2D eigenvalue weighted by Gasteiger charge is -2.15. The van der Waals surface area contributed by atoms with E-state index in [4.69, 9.17) is 0 Å². The average molecular weight is 236 g/mol. The summed E-state index contributed by atoms with van der Waals surface area (Å²) in [4.78, 5) is 19.3. The van der Waals surface area contributed by atoms with Crippen LogP contribution in [-0.2, 0) is 0 Å². The van der Waals surface area contributed by atoms with E-state index in [0.29, 0.717) is 0 Å². The summed E-state index contributed by atoms with van der Waals surface area (Å²) < 4.78 is 0. The number of aliphatic hydroxyl groups excluding tert-OH is 2. The Morgan fingerprint density at radius 3 is 1.38 bits per heavy atom. The summed E-state index contributed by atoms with van der Waals surface area (Å²) in [6, 6.07) is -2.28. The van der Waals surface area contributed by atoms with Crippen LogP contribution in [-0.4, -0.2) is 44.4 Å². The molecule has 0 amide bonds. The molecule has 0 aromatic heterocycles. The maximum absolute atomic E-state index is 10.3. The molecule has 0 heterocycles. The highest BCUT2D eigenvalue weighted by molar-refractivity contribution is 4.69. The van der Waals surface area contributed by atoms with Crippen molar-refractivity contribution in [3.8, 4) is 0 Å². The van der Waals surface area contributed by atoms with Gasteiger partial charge in [-0.3, -0.25) is 20.2 Å². The van der Waals surface area contributed by atoms with Crippen LogP contribution in [0.15, 0.2) is 0 Å². The predicted molar refractivity (Wildman–Crippen MR) is 54.2 cm³/mol. The minimum Gasteiger partial charge on any atom is -0.386 e. The van der Waals surface area contributed by atoms with Crippen molar-refractivity contribution >= 4 is 0 Å². The minimum atomic E-state index is -1.20. The Morgan fingerprint density at radius 1 is 0.938 bits per heavy atom. The number of nitro groups is 2. The topological polar surface area (TPSA) is 127 Å². The lowest BCUT2D eigenvalue weighted by Crippen LogP contribution is -2.35. The van der Waals surface area contributed by atoms with Crippen molar-refractivity contribution in [2.75, 3.05) is 0 Å². The fourth-order valence-electron chi connectivity index (χ4n) is 1.10. The van der Waals surface area contributed by atoms with Crippen molar-refractivity contribution in [1.82, 2.24) is 0 Å². The second-order valence-corrected chi connectivity index (χ2v) is 3.76. The Balaban J connectivity index is 4.05. The van der Waals surface area contributed by atoms with E-state index in [0.717, 1.165) is 0 Å². The first-order chi connectivity index (χ1) is 7.27. The highest BCUT2D eigenvalue weighted by Crippen LogP contribution is 2.11. The van der Waals surface area contributed by atoms with Gasteiger partial charge in [0.2, 0.25) is 12.1 Å². The van der Waals surface area contributed by atoms with Crippen molar-refractivity contribution < 1.29 is 20.1 Å². The van der Waals surface area contributed by atoms with Crippen LogP contribution in [0.5, 0.6) is 0 Å². The Kier molecular flexibility index (Phi) is 5.83. The van der Waals surface area contributed by atoms with Crippen molar-refractivity contribution in [2.24, 2.45) is 0 Å². The zero-order valence-electron chi connectivity index (χ0n) is 9.15. The molecule has 4 atom stereocenters. The third-order valence-electron chi connectivity index (χ3n) is 2.54. The Morgan fingerprint density at radius 2 is 1.19 bits per heavy atom. The van der Waals surface area contributed by atoms with E-state index in [9.17, 15) is 30.4 Å². The summed E-state index contributed by atoms with van der Waals surface area (Å²) in [6.07, 6.45) is -2.49. The van der Waals surface area contributed by atoms with Gasteiger partial charge in [-0.2, -0.15) is 0 Å². The maximum Gasteiger partial charge on any atom is 0.235 e. The summed E-state index contributed by atoms with van der Waals surface area (Å²) in [5.41, 5.74) is 0. The molecule has 94 valence electrons. The van der Waals surface area contributed by atoms with Crippen LogP contribution in [0.25, 0.3) is 0 Å². The van der Waals surface area contributed by atoms with Crippen molar-refractivity contribution in [1.29, 1.82) is 0 Å².